The number of carbonyl (C=O) groups excluding carboxylic acids is 4. The SMILES string of the molecule is O=C1[C@@H]2C[C@@H]3C(=CC[C@@H]4C(=O)N(c5cccc([N+](=O)[O-])c5)C(=O)[C@@H]43)[C@H](c3ccc(OCCO)cc3)[C@]2(c2ccc(Cl)cc2)C(=O)N1Nc1ccc(F)cc1. The van der Waals surface area contributed by atoms with Crippen molar-refractivity contribution in [3.05, 3.63) is 141 Å². The van der Waals surface area contributed by atoms with E-state index in [1.807, 2.05) is 6.08 Å². The Hall–Kier alpha value is -5.92. The van der Waals surface area contributed by atoms with Crippen LogP contribution in [0.3, 0.4) is 0 Å². The third kappa shape index (κ3) is 5.45. The van der Waals surface area contributed by atoms with Crippen LogP contribution in [-0.4, -0.2) is 51.9 Å². The van der Waals surface area contributed by atoms with E-state index in [-0.39, 0.29) is 37.4 Å². The number of nitro benzene ring substituents is 1. The summed E-state index contributed by atoms with van der Waals surface area (Å²) >= 11 is 6.35. The molecule has 2 saturated heterocycles. The molecule has 6 atom stereocenters. The van der Waals surface area contributed by atoms with Crippen LogP contribution in [0.1, 0.15) is 29.9 Å². The molecule has 0 unspecified atom stereocenters. The van der Waals surface area contributed by atoms with E-state index in [0.29, 0.717) is 33.2 Å². The second kappa shape index (κ2) is 13.5. The molecule has 14 heteroatoms. The molecule has 2 aliphatic heterocycles. The second-order valence-corrected chi connectivity index (χ2v) is 14.2. The lowest BCUT2D eigenvalue weighted by Gasteiger charge is -2.50. The van der Waals surface area contributed by atoms with E-state index < -0.39 is 69.4 Å². The number of amides is 4. The Labute approximate surface area is 312 Å². The number of halogens is 2. The minimum atomic E-state index is -1.57. The molecule has 3 fully saturated rings. The first-order valence-electron chi connectivity index (χ1n) is 17.4. The monoisotopic (exact) mass is 750 g/mol. The Morgan fingerprint density at radius 2 is 1.65 bits per heavy atom. The summed E-state index contributed by atoms with van der Waals surface area (Å²) < 4.78 is 19.5. The van der Waals surface area contributed by atoms with E-state index >= 15 is 4.79 Å². The number of nitrogens with zero attached hydrogens (tertiary/aromatic N) is 3. The van der Waals surface area contributed by atoms with E-state index in [4.69, 9.17) is 16.3 Å². The van der Waals surface area contributed by atoms with Crippen LogP contribution in [0.15, 0.2) is 109 Å². The fraction of sp³-hybridized carbons (Fsp3) is 0.250. The third-order valence-electron chi connectivity index (χ3n) is 11.1. The van der Waals surface area contributed by atoms with Crippen LogP contribution in [0.2, 0.25) is 5.02 Å². The smallest absolute Gasteiger partial charge is 0.271 e. The van der Waals surface area contributed by atoms with Crippen LogP contribution < -0.4 is 15.1 Å². The van der Waals surface area contributed by atoms with Crippen LogP contribution in [0.4, 0.5) is 21.5 Å². The number of benzene rings is 4. The summed E-state index contributed by atoms with van der Waals surface area (Å²) in [6, 6.07) is 24.3. The van der Waals surface area contributed by atoms with Gasteiger partial charge in [-0.05, 0) is 84.5 Å². The normalized spacial score (nSPS) is 25.9. The van der Waals surface area contributed by atoms with Crippen LogP contribution in [0, 0.1) is 39.6 Å². The number of anilines is 2. The van der Waals surface area contributed by atoms with Crippen molar-refractivity contribution in [2.45, 2.75) is 24.2 Å². The summed E-state index contributed by atoms with van der Waals surface area (Å²) in [6.07, 6.45) is 2.08. The molecule has 4 aromatic carbocycles. The fourth-order valence-electron chi connectivity index (χ4n) is 8.95. The number of hydrazine groups is 1. The zero-order chi connectivity index (χ0) is 37.9. The Morgan fingerprint density at radius 3 is 2.33 bits per heavy atom. The molecule has 54 heavy (non-hydrogen) atoms. The number of imide groups is 2. The third-order valence-corrected chi connectivity index (χ3v) is 11.4. The average molecular weight is 751 g/mol. The number of allylic oxidation sites excluding steroid dienone is 2. The first kappa shape index (κ1) is 35.1. The average Bonchev–Trinajstić information content (AvgIpc) is 3.56. The van der Waals surface area contributed by atoms with Crippen molar-refractivity contribution in [1.82, 2.24) is 5.01 Å². The first-order valence-corrected chi connectivity index (χ1v) is 17.7. The number of hydrogen-bond acceptors (Lipinski definition) is 9. The summed E-state index contributed by atoms with van der Waals surface area (Å²) in [7, 11) is 0. The lowest BCUT2D eigenvalue weighted by molar-refractivity contribution is -0.384. The molecule has 4 aliphatic rings. The van der Waals surface area contributed by atoms with Gasteiger partial charge in [0.05, 0.1) is 46.1 Å². The van der Waals surface area contributed by atoms with E-state index in [1.165, 1.54) is 48.5 Å². The van der Waals surface area contributed by atoms with Gasteiger partial charge in [-0.2, -0.15) is 5.01 Å². The van der Waals surface area contributed by atoms with Crippen molar-refractivity contribution in [1.29, 1.82) is 0 Å². The standard InChI is InChI=1S/C40H32ClFN4O8/c41-24-8-6-23(7-9-24)40-33(37(49)45(39(40)51)43-26-12-10-25(42)11-13-26)21-32-30(35(40)22-4-14-29(15-5-22)54-19-18-47)16-17-31-34(32)38(50)44(36(31)48)27-2-1-3-28(20-27)46(52)53/h1-16,20,31-35,43,47H,17-19,21H2/t31-,32+,33-,34-,35-,40+/m0/s1. The molecular weight excluding hydrogens is 719 g/mol. The van der Waals surface area contributed by atoms with Gasteiger partial charge in [-0.25, -0.2) is 9.29 Å². The maximum atomic E-state index is 15.2. The molecule has 0 radical (unpaired) electrons. The van der Waals surface area contributed by atoms with E-state index in [1.54, 1.807) is 48.5 Å². The number of aliphatic hydroxyl groups is 1. The zero-order valence-corrected chi connectivity index (χ0v) is 29.2. The van der Waals surface area contributed by atoms with Gasteiger partial charge in [-0.15, -0.1) is 0 Å². The molecule has 274 valence electrons. The van der Waals surface area contributed by atoms with Crippen LogP contribution in [0.5, 0.6) is 5.75 Å². The Balaban J connectivity index is 1.29. The fourth-order valence-corrected chi connectivity index (χ4v) is 9.08. The van der Waals surface area contributed by atoms with Gasteiger partial charge < -0.3 is 9.84 Å². The number of ether oxygens (including phenoxy) is 1. The number of fused-ring (bicyclic) bond motifs is 4. The van der Waals surface area contributed by atoms with Gasteiger partial charge in [0, 0.05) is 23.1 Å². The van der Waals surface area contributed by atoms with E-state index in [9.17, 15) is 34.0 Å². The van der Waals surface area contributed by atoms with Crippen LogP contribution in [0.25, 0.3) is 0 Å². The molecule has 2 aliphatic carbocycles. The van der Waals surface area contributed by atoms with Gasteiger partial charge in [-0.1, -0.05) is 53.6 Å². The summed E-state index contributed by atoms with van der Waals surface area (Å²) in [6.45, 7) is -0.138. The highest BCUT2D eigenvalue weighted by Crippen LogP contribution is 2.64. The summed E-state index contributed by atoms with van der Waals surface area (Å²) in [4.78, 5) is 70.5. The van der Waals surface area contributed by atoms with Gasteiger partial charge >= 0.3 is 0 Å². The van der Waals surface area contributed by atoms with Crippen molar-refractivity contribution in [3.8, 4) is 5.75 Å². The maximum Gasteiger partial charge on any atom is 0.271 e. The minimum absolute atomic E-state index is 0.0256. The van der Waals surface area contributed by atoms with Gasteiger partial charge in [-0.3, -0.25) is 34.7 Å². The Bertz CT molecular complexity index is 2230. The number of carbonyl (C=O) groups is 4. The molecule has 2 N–H and O–H groups in total. The number of rotatable bonds is 9. The molecule has 4 aromatic rings. The molecule has 1 saturated carbocycles. The topological polar surface area (TPSA) is 159 Å². The van der Waals surface area contributed by atoms with Gasteiger partial charge in [0.15, 0.2) is 0 Å². The van der Waals surface area contributed by atoms with Crippen molar-refractivity contribution in [3.63, 3.8) is 0 Å². The summed E-state index contributed by atoms with van der Waals surface area (Å²) in [5, 5.41) is 22.3. The predicted octanol–water partition coefficient (Wildman–Crippen LogP) is 5.95. The number of hydrogen-bond donors (Lipinski definition) is 2. The number of non-ortho nitro benzene ring substituents is 1. The molecule has 8 rings (SSSR count). The van der Waals surface area contributed by atoms with Crippen LogP contribution in [-0.2, 0) is 24.6 Å². The molecule has 12 nitrogen and oxygen atoms in total. The lowest BCUT2D eigenvalue weighted by Crippen LogP contribution is -2.53. The zero-order valence-electron chi connectivity index (χ0n) is 28.4. The Kier molecular flexibility index (Phi) is 8.78. The van der Waals surface area contributed by atoms with Gasteiger partial charge in [0.2, 0.25) is 11.8 Å². The van der Waals surface area contributed by atoms with Crippen molar-refractivity contribution in [2.24, 2.45) is 23.7 Å². The molecule has 0 bridgehead atoms. The quantitative estimate of drug-likeness (QED) is 0.0913. The predicted molar refractivity (Wildman–Crippen MR) is 194 cm³/mol. The maximum absolute atomic E-state index is 15.2. The van der Waals surface area contributed by atoms with Crippen molar-refractivity contribution >= 4 is 52.3 Å². The summed E-state index contributed by atoms with van der Waals surface area (Å²) in [5.41, 5.74) is 3.31. The Morgan fingerprint density at radius 1 is 0.926 bits per heavy atom. The van der Waals surface area contributed by atoms with E-state index in [0.717, 1.165) is 9.91 Å². The van der Waals surface area contributed by atoms with Gasteiger partial charge in [0.1, 0.15) is 18.2 Å². The van der Waals surface area contributed by atoms with Crippen LogP contribution >= 0.6 is 11.6 Å². The highest BCUT2D eigenvalue weighted by Gasteiger charge is 2.70. The molecule has 0 aromatic heterocycles. The largest absolute Gasteiger partial charge is 0.491 e. The minimum Gasteiger partial charge on any atom is -0.491 e. The molecule has 4 amide bonds. The first-order chi connectivity index (χ1) is 26.0. The molecule has 0 spiro atoms. The highest BCUT2D eigenvalue weighted by atomic mass is 35.5. The van der Waals surface area contributed by atoms with E-state index in [2.05, 4.69) is 5.43 Å². The number of nitro groups is 1. The second-order valence-electron chi connectivity index (χ2n) is 13.8. The molecular formula is C40H32ClFN4O8. The van der Waals surface area contributed by atoms with Crippen molar-refractivity contribution in [2.75, 3.05) is 23.5 Å². The number of aliphatic hydroxyl groups excluding tert-OH is 1. The lowest BCUT2D eigenvalue weighted by atomic mass is 9.49. The number of nitrogens with one attached hydrogen (secondary N) is 1. The molecule has 2 heterocycles. The van der Waals surface area contributed by atoms with Crippen molar-refractivity contribution < 1.29 is 38.3 Å². The summed E-state index contributed by atoms with van der Waals surface area (Å²) in [5.74, 6) is -6.48. The highest BCUT2D eigenvalue weighted by molar-refractivity contribution is 6.30. The van der Waals surface area contributed by atoms with Gasteiger partial charge in [0.25, 0.3) is 17.5 Å².